The molecule has 0 aliphatic heterocycles. The summed E-state index contributed by atoms with van der Waals surface area (Å²) in [7, 11) is 0. The van der Waals surface area contributed by atoms with Crippen molar-refractivity contribution < 1.29 is 13.2 Å². The minimum absolute atomic E-state index is 0.656. The predicted octanol–water partition coefficient (Wildman–Crippen LogP) is 5.35. The minimum Gasteiger partial charge on any atom is -0.191 e. The van der Waals surface area contributed by atoms with Crippen molar-refractivity contribution in [2.24, 2.45) is 0 Å². The highest BCUT2D eigenvalue weighted by atomic mass is 32.1. The second-order valence-electron chi connectivity index (χ2n) is 4.69. The lowest BCUT2D eigenvalue weighted by Gasteiger charge is -2.06. The number of hydrogen-bond donors (Lipinski definition) is 0. The van der Waals surface area contributed by atoms with Crippen LogP contribution in [-0.2, 0) is 6.18 Å². The Bertz CT molecular complexity index is 880. The van der Waals surface area contributed by atoms with Crippen LogP contribution in [0.5, 0.6) is 0 Å². The molecule has 0 aliphatic carbocycles. The van der Waals surface area contributed by atoms with Crippen molar-refractivity contribution in [1.29, 1.82) is 0 Å². The Balaban J connectivity index is 2.04. The highest BCUT2D eigenvalue weighted by Gasteiger charge is 2.30. The first-order chi connectivity index (χ1) is 10.5. The summed E-state index contributed by atoms with van der Waals surface area (Å²) in [5.41, 5.74) is 1.62. The van der Waals surface area contributed by atoms with Crippen LogP contribution < -0.4 is 0 Å². The zero-order valence-electron chi connectivity index (χ0n) is 11.5. The monoisotopic (exact) mass is 317 g/mol. The summed E-state index contributed by atoms with van der Waals surface area (Å²) in [6, 6.07) is 10.8. The third-order valence-electron chi connectivity index (χ3n) is 3.23. The van der Waals surface area contributed by atoms with Gasteiger partial charge < -0.3 is 0 Å². The molecule has 0 saturated carbocycles. The van der Waals surface area contributed by atoms with Crippen molar-refractivity contribution in [3.05, 3.63) is 53.6 Å². The van der Waals surface area contributed by atoms with Crippen molar-refractivity contribution in [3.63, 3.8) is 0 Å². The maximum absolute atomic E-state index is 12.6. The average molecular weight is 317 g/mol. The number of rotatable bonds is 1. The standard InChI is InChI=1S/C17H10F3NS/c1-2-3-11-4-9-14-15(10-11)22-21-16(14)12-5-7-13(8-6-12)17(18,19)20/h4-10H,1H3. The summed E-state index contributed by atoms with van der Waals surface area (Å²) in [5.74, 6) is 5.81. The Morgan fingerprint density at radius 3 is 2.41 bits per heavy atom. The lowest BCUT2D eigenvalue weighted by Crippen LogP contribution is -2.03. The molecule has 0 N–H and O–H groups in total. The fraction of sp³-hybridized carbons (Fsp3) is 0.118. The van der Waals surface area contributed by atoms with E-state index in [0.29, 0.717) is 11.3 Å². The summed E-state index contributed by atoms with van der Waals surface area (Å²) in [6.45, 7) is 1.77. The van der Waals surface area contributed by atoms with Crippen LogP contribution in [0, 0.1) is 11.8 Å². The third kappa shape index (κ3) is 2.70. The van der Waals surface area contributed by atoms with Crippen LogP contribution in [0.2, 0.25) is 0 Å². The van der Waals surface area contributed by atoms with Crippen LogP contribution in [0.3, 0.4) is 0 Å². The second kappa shape index (κ2) is 5.47. The summed E-state index contributed by atoms with van der Waals surface area (Å²) < 4.78 is 43.2. The van der Waals surface area contributed by atoms with Crippen molar-refractivity contribution >= 4 is 21.6 Å². The first kappa shape index (κ1) is 14.6. The van der Waals surface area contributed by atoms with E-state index in [1.807, 2.05) is 18.2 Å². The van der Waals surface area contributed by atoms with Crippen molar-refractivity contribution in [2.75, 3.05) is 0 Å². The van der Waals surface area contributed by atoms with E-state index in [1.54, 1.807) is 6.92 Å². The highest BCUT2D eigenvalue weighted by Crippen LogP contribution is 2.34. The molecule has 1 heterocycles. The highest BCUT2D eigenvalue weighted by molar-refractivity contribution is 7.13. The third-order valence-corrected chi connectivity index (χ3v) is 4.04. The summed E-state index contributed by atoms with van der Waals surface area (Å²) in [6.07, 6.45) is -4.32. The van der Waals surface area contributed by atoms with E-state index in [2.05, 4.69) is 16.2 Å². The number of benzene rings is 2. The quantitative estimate of drug-likeness (QED) is 0.551. The number of fused-ring (bicyclic) bond motifs is 1. The number of aromatic nitrogens is 1. The molecule has 0 bridgehead atoms. The van der Waals surface area contributed by atoms with E-state index in [1.165, 1.54) is 23.7 Å². The van der Waals surface area contributed by atoms with Gasteiger partial charge in [0.05, 0.1) is 16.0 Å². The molecule has 0 aliphatic rings. The molecule has 3 aromatic rings. The molecule has 2 aromatic carbocycles. The molecule has 0 unspecified atom stereocenters. The molecule has 1 nitrogen and oxygen atoms in total. The Hall–Kier alpha value is -2.32. The normalized spacial score (nSPS) is 11.3. The smallest absolute Gasteiger partial charge is 0.191 e. The number of hydrogen-bond acceptors (Lipinski definition) is 2. The first-order valence-electron chi connectivity index (χ1n) is 6.49. The van der Waals surface area contributed by atoms with Crippen molar-refractivity contribution in [3.8, 4) is 23.1 Å². The molecule has 5 heteroatoms. The average Bonchev–Trinajstić information content (AvgIpc) is 2.90. The van der Waals surface area contributed by atoms with Gasteiger partial charge in [-0.1, -0.05) is 24.1 Å². The van der Waals surface area contributed by atoms with Crippen LogP contribution in [0.4, 0.5) is 13.2 Å². The summed E-state index contributed by atoms with van der Waals surface area (Å²) >= 11 is 1.32. The van der Waals surface area contributed by atoms with Gasteiger partial charge in [0, 0.05) is 16.5 Å². The van der Waals surface area contributed by atoms with Gasteiger partial charge in [-0.15, -0.1) is 5.92 Å². The van der Waals surface area contributed by atoms with Crippen molar-refractivity contribution in [2.45, 2.75) is 13.1 Å². The van der Waals surface area contributed by atoms with E-state index in [9.17, 15) is 13.2 Å². The molecule has 0 radical (unpaired) electrons. The minimum atomic E-state index is -4.32. The molecule has 3 rings (SSSR count). The fourth-order valence-corrected chi connectivity index (χ4v) is 3.02. The van der Waals surface area contributed by atoms with Crippen LogP contribution in [0.1, 0.15) is 18.1 Å². The second-order valence-corrected chi connectivity index (χ2v) is 5.50. The van der Waals surface area contributed by atoms with Crippen LogP contribution in [0.25, 0.3) is 21.3 Å². The fourth-order valence-electron chi connectivity index (χ4n) is 2.18. The number of halogens is 3. The lowest BCUT2D eigenvalue weighted by atomic mass is 10.0. The topological polar surface area (TPSA) is 12.9 Å². The molecule has 0 spiro atoms. The number of alkyl halides is 3. The molecule has 22 heavy (non-hydrogen) atoms. The summed E-state index contributed by atoms with van der Waals surface area (Å²) in [5, 5.41) is 0.923. The van der Waals surface area contributed by atoms with Gasteiger partial charge in [-0.05, 0) is 42.7 Å². The van der Waals surface area contributed by atoms with Gasteiger partial charge in [-0.25, -0.2) is 0 Å². The SMILES string of the molecule is CC#Cc1ccc2c(-c3ccc(C(F)(F)F)cc3)nsc2c1. The van der Waals surface area contributed by atoms with Gasteiger partial charge in [-0.2, -0.15) is 17.5 Å². The Kier molecular flexibility index (Phi) is 3.63. The molecular weight excluding hydrogens is 307 g/mol. The van der Waals surface area contributed by atoms with E-state index in [0.717, 1.165) is 27.8 Å². The molecule has 0 atom stereocenters. The van der Waals surface area contributed by atoms with Crippen LogP contribution in [-0.4, -0.2) is 4.37 Å². The van der Waals surface area contributed by atoms with E-state index >= 15 is 0 Å². The van der Waals surface area contributed by atoms with Crippen molar-refractivity contribution in [1.82, 2.24) is 4.37 Å². The van der Waals surface area contributed by atoms with Gasteiger partial charge in [-0.3, -0.25) is 0 Å². The van der Waals surface area contributed by atoms with E-state index < -0.39 is 11.7 Å². The van der Waals surface area contributed by atoms with Gasteiger partial charge in [0.15, 0.2) is 0 Å². The Labute approximate surface area is 129 Å². The first-order valence-corrected chi connectivity index (χ1v) is 7.26. The molecule has 0 amide bonds. The van der Waals surface area contributed by atoms with Gasteiger partial charge in [0.25, 0.3) is 0 Å². The maximum Gasteiger partial charge on any atom is 0.416 e. The van der Waals surface area contributed by atoms with Crippen LogP contribution in [0.15, 0.2) is 42.5 Å². The largest absolute Gasteiger partial charge is 0.416 e. The van der Waals surface area contributed by atoms with Crippen LogP contribution >= 0.6 is 11.5 Å². The molecule has 0 fully saturated rings. The number of nitrogens with zero attached hydrogens (tertiary/aromatic N) is 1. The van der Waals surface area contributed by atoms with Gasteiger partial charge in [0.1, 0.15) is 0 Å². The van der Waals surface area contributed by atoms with Gasteiger partial charge >= 0.3 is 6.18 Å². The Morgan fingerprint density at radius 1 is 1.05 bits per heavy atom. The lowest BCUT2D eigenvalue weighted by molar-refractivity contribution is -0.137. The van der Waals surface area contributed by atoms with E-state index in [4.69, 9.17) is 0 Å². The zero-order valence-corrected chi connectivity index (χ0v) is 12.3. The predicted molar refractivity (Wildman–Crippen MR) is 82.6 cm³/mol. The van der Waals surface area contributed by atoms with Gasteiger partial charge in [0.2, 0.25) is 0 Å². The Morgan fingerprint density at radius 2 is 1.77 bits per heavy atom. The molecule has 110 valence electrons. The zero-order chi connectivity index (χ0) is 15.7. The molecular formula is C17H10F3NS. The molecule has 1 aromatic heterocycles. The summed E-state index contributed by atoms with van der Waals surface area (Å²) in [4.78, 5) is 0. The maximum atomic E-state index is 12.6. The van der Waals surface area contributed by atoms with E-state index in [-0.39, 0.29) is 0 Å². The molecule has 0 saturated heterocycles.